The molecule has 1 atom stereocenters. The number of benzene rings is 1. The van der Waals surface area contributed by atoms with Gasteiger partial charge in [-0.1, -0.05) is 12.1 Å². The monoisotopic (exact) mass is 302 g/mol. The Morgan fingerprint density at radius 1 is 1.19 bits per heavy atom. The minimum absolute atomic E-state index is 0.326. The number of hydrogen-bond donors (Lipinski definition) is 1. The zero-order valence-corrected chi connectivity index (χ0v) is 13.5. The zero-order valence-electron chi connectivity index (χ0n) is 12.6. The quantitative estimate of drug-likeness (QED) is 0.921. The molecule has 112 valence electrons. The van der Waals surface area contributed by atoms with E-state index in [1.165, 1.54) is 21.8 Å². The summed E-state index contributed by atoms with van der Waals surface area (Å²) >= 11 is 1.82. The summed E-state index contributed by atoms with van der Waals surface area (Å²) in [5.41, 5.74) is 3.85. The molecule has 1 fully saturated rings. The molecular formula is C17H22N2OS. The van der Waals surface area contributed by atoms with E-state index in [4.69, 9.17) is 4.74 Å². The summed E-state index contributed by atoms with van der Waals surface area (Å²) in [5.74, 6) is 0. The van der Waals surface area contributed by atoms with Crippen molar-refractivity contribution in [2.75, 3.05) is 36.5 Å². The fraction of sp³-hybridized carbons (Fsp3) is 0.412. The molecule has 21 heavy (non-hydrogen) atoms. The maximum atomic E-state index is 5.46. The molecule has 3 nitrogen and oxygen atoms in total. The molecule has 1 saturated heterocycles. The topological polar surface area (TPSA) is 24.5 Å². The van der Waals surface area contributed by atoms with Gasteiger partial charge in [-0.3, -0.25) is 0 Å². The Morgan fingerprint density at radius 2 is 1.95 bits per heavy atom. The first-order chi connectivity index (χ1) is 10.3. The molecule has 1 aliphatic rings. The fourth-order valence-corrected chi connectivity index (χ4v) is 3.74. The second-order valence-electron chi connectivity index (χ2n) is 5.45. The fourth-order valence-electron chi connectivity index (χ4n) is 2.80. The molecule has 0 aliphatic carbocycles. The summed E-state index contributed by atoms with van der Waals surface area (Å²) in [4.78, 5) is 3.81. The van der Waals surface area contributed by atoms with Crippen LogP contribution in [0.25, 0.3) is 0 Å². The van der Waals surface area contributed by atoms with Crippen molar-refractivity contribution in [2.45, 2.75) is 19.9 Å². The largest absolute Gasteiger partial charge is 0.378 e. The Kier molecular flexibility index (Phi) is 4.46. The first-order valence-corrected chi connectivity index (χ1v) is 8.36. The van der Waals surface area contributed by atoms with E-state index in [9.17, 15) is 0 Å². The lowest BCUT2D eigenvalue weighted by molar-refractivity contribution is 0.123. The molecule has 0 bridgehead atoms. The normalized spacial score (nSPS) is 16.8. The highest BCUT2D eigenvalue weighted by Gasteiger charge is 2.16. The number of nitrogens with zero attached hydrogens (tertiary/aromatic N) is 1. The third-order valence-corrected chi connectivity index (χ3v) is 5.12. The number of para-hydroxylation sites is 2. The van der Waals surface area contributed by atoms with Crippen molar-refractivity contribution in [1.29, 1.82) is 0 Å². The van der Waals surface area contributed by atoms with Crippen LogP contribution in [0.5, 0.6) is 0 Å². The van der Waals surface area contributed by atoms with Gasteiger partial charge in [0.05, 0.1) is 30.6 Å². The average molecular weight is 302 g/mol. The van der Waals surface area contributed by atoms with Gasteiger partial charge in [-0.2, -0.15) is 0 Å². The number of hydrogen-bond acceptors (Lipinski definition) is 4. The Bertz CT molecular complexity index is 590. The Hall–Kier alpha value is -1.52. The van der Waals surface area contributed by atoms with Gasteiger partial charge in [-0.25, -0.2) is 0 Å². The molecule has 0 spiro atoms. The van der Waals surface area contributed by atoms with Gasteiger partial charge in [-0.15, -0.1) is 11.3 Å². The molecule has 1 aliphatic heterocycles. The molecule has 0 saturated carbocycles. The predicted octanol–water partition coefficient (Wildman–Crippen LogP) is 4.07. The first-order valence-electron chi connectivity index (χ1n) is 7.48. The van der Waals surface area contributed by atoms with Crippen LogP contribution < -0.4 is 10.2 Å². The summed E-state index contributed by atoms with van der Waals surface area (Å²) in [6.07, 6.45) is 0. The van der Waals surface area contributed by atoms with Gasteiger partial charge in [0.15, 0.2) is 0 Å². The molecule has 1 unspecified atom stereocenters. The third-order valence-electron chi connectivity index (χ3n) is 3.92. The molecule has 2 heterocycles. The van der Waals surface area contributed by atoms with Crippen LogP contribution >= 0.6 is 11.3 Å². The minimum atomic E-state index is 0.326. The van der Waals surface area contributed by atoms with Crippen molar-refractivity contribution in [2.24, 2.45) is 0 Å². The summed E-state index contributed by atoms with van der Waals surface area (Å²) in [6, 6.07) is 11.1. The van der Waals surface area contributed by atoms with E-state index < -0.39 is 0 Å². The molecule has 3 rings (SSSR count). The summed E-state index contributed by atoms with van der Waals surface area (Å²) in [7, 11) is 0. The number of anilines is 2. The highest BCUT2D eigenvalue weighted by Crippen LogP contribution is 2.32. The van der Waals surface area contributed by atoms with Crippen molar-refractivity contribution in [3.63, 3.8) is 0 Å². The number of aryl methyl sites for hydroxylation is 1. The second-order valence-corrected chi connectivity index (χ2v) is 6.40. The molecule has 4 heteroatoms. The number of ether oxygens (including phenoxy) is 1. The lowest BCUT2D eigenvalue weighted by Gasteiger charge is -2.31. The summed E-state index contributed by atoms with van der Waals surface area (Å²) in [5, 5.41) is 5.84. The van der Waals surface area contributed by atoms with Gasteiger partial charge in [0, 0.05) is 18.0 Å². The van der Waals surface area contributed by atoms with Crippen molar-refractivity contribution >= 4 is 22.7 Å². The van der Waals surface area contributed by atoms with Gasteiger partial charge in [0.25, 0.3) is 0 Å². The van der Waals surface area contributed by atoms with Crippen molar-refractivity contribution in [3.8, 4) is 0 Å². The van der Waals surface area contributed by atoms with Crippen LogP contribution in [0, 0.1) is 6.92 Å². The molecule has 1 aromatic carbocycles. The molecule has 0 radical (unpaired) electrons. The van der Waals surface area contributed by atoms with Crippen molar-refractivity contribution in [3.05, 3.63) is 46.2 Å². The molecule has 1 aromatic heterocycles. The lowest BCUT2D eigenvalue weighted by atomic mass is 10.1. The summed E-state index contributed by atoms with van der Waals surface area (Å²) in [6.45, 7) is 7.96. The van der Waals surface area contributed by atoms with E-state index >= 15 is 0 Å². The van der Waals surface area contributed by atoms with E-state index in [0.29, 0.717) is 6.04 Å². The van der Waals surface area contributed by atoms with E-state index in [0.717, 1.165) is 26.3 Å². The van der Waals surface area contributed by atoms with Crippen LogP contribution in [-0.2, 0) is 4.74 Å². The number of morpholine rings is 1. The van der Waals surface area contributed by atoms with Gasteiger partial charge < -0.3 is 15.0 Å². The lowest BCUT2D eigenvalue weighted by Crippen LogP contribution is -2.36. The van der Waals surface area contributed by atoms with Crippen LogP contribution in [0.2, 0.25) is 0 Å². The predicted molar refractivity (Wildman–Crippen MR) is 90.6 cm³/mol. The highest BCUT2D eigenvalue weighted by molar-refractivity contribution is 7.10. The Balaban J connectivity index is 1.80. The number of thiophene rings is 1. The van der Waals surface area contributed by atoms with Crippen molar-refractivity contribution in [1.82, 2.24) is 0 Å². The minimum Gasteiger partial charge on any atom is -0.378 e. The summed E-state index contributed by atoms with van der Waals surface area (Å²) < 4.78 is 5.46. The van der Waals surface area contributed by atoms with Crippen molar-refractivity contribution < 1.29 is 4.74 Å². The van der Waals surface area contributed by atoms with E-state index in [-0.39, 0.29) is 0 Å². The standard InChI is InChI=1S/C17H22N2OS/c1-13-7-12-21-17(13)14(2)18-15-5-3-4-6-16(15)19-8-10-20-11-9-19/h3-7,12,14,18H,8-11H2,1-2H3. The third kappa shape index (κ3) is 3.22. The van der Waals surface area contributed by atoms with Crippen LogP contribution in [0.3, 0.4) is 0 Å². The van der Waals surface area contributed by atoms with Crippen LogP contribution in [-0.4, -0.2) is 26.3 Å². The maximum Gasteiger partial charge on any atom is 0.0642 e. The smallest absolute Gasteiger partial charge is 0.0642 e. The zero-order chi connectivity index (χ0) is 14.7. The SMILES string of the molecule is Cc1ccsc1C(C)Nc1ccccc1N1CCOCC1. The van der Waals surface area contributed by atoms with Gasteiger partial charge in [0.2, 0.25) is 0 Å². The Morgan fingerprint density at radius 3 is 2.67 bits per heavy atom. The van der Waals surface area contributed by atoms with Crippen LogP contribution in [0.4, 0.5) is 11.4 Å². The van der Waals surface area contributed by atoms with E-state index in [1.807, 2.05) is 11.3 Å². The second kappa shape index (κ2) is 6.50. The highest BCUT2D eigenvalue weighted by atomic mass is 32.1. The van der Waals surface area contributed by atoms with E-state index in [1.54, 1.807) is 0 Å². The number of nitrogens with one attached hydrogen (secondary N) is 1. The molecule has 1 N–H and O–H groups in total. The van der Waals surface area contributed by atoms with Crippen LogP contribution in [0.1, 0.15) is 23.4 Å². The van der Waals surface area contributed by atoms with Gasteiger partial charge in [-0.05, 0) is 43.0 Å². The average Bonchev–Trinajstić information content (AvgIpc) is 2.95. The number of rotatable bonds is 4. The van der Waals surface area contributed by atoms with Gasteiger partial charge in [0.1, 0.15) is 0 Å². The first kappa shape index (κ1) is 14.4. The van der Waals surface area contributed by atoms with Crippen LogP contribution in [0.15, 0.2) is 35.7 Å². The molecular weight excluding hydrogens is 280 g/mol. The van der Waals surface area contributed by atoms with Gasteiger partial charge >= 0.3 is 0 Å². The molecule has 0 amide bonds. The molecule has 2 aromatic rings. The maximum absolute atomic E-state index is 5.46. The Labute approximate surface area is 130 Å². The van der Waals surface area contributed by atoms with E-state index in [2.05, 4.69) is 59.8 Å².